The van der Waals surface area contributed by atoms with Gasteiger partial charge in [-0.1, -0.05) is 6.92 Å². The average molecular weight is 342 g/mol. The molecule has 2 aromatic rings. The van der Waals surface area contributed by atoms with Gasteiger partial charge in [-0.25, -0.2) is 4.79 Å². The minimum absolute atomic E-state index is 0.0769. The lowest BCUT2D eigenvalue weighted by Gasteiger charge is -2.32. The highest BCUT2D eigenvalue weighted by Gasteiger charge is 2.16. The van der Waals surface area contributed by atoms with E-state index in [-0.39, 0.29) is 18.3 Å². The van der Waals surface area contributed by atoms with Gasteiger partial charge in [0.1, 0.15) is 0 Å². The number of amides is 1. The Labute approximate surface area is 146 Å². The third-order valence-corrected chi connectivity index (χ3v) is 4.36. The zero-order chi connectivity index (χ0) is 17.6. The predicted molar refractivity (Wildman–Crippen MR) is 94.7 cm³/mol. The molecule has 1 saturated heterocycles. The molecule has 0 saturated carbocycles. The Kier molecular flexibility index (Phi) is 5.38. The van der Waals surface area contributed by atoms with Crippen LogP contribution in [0.2, 0.25) is 0 Å². The number of nitrogens with zero attached hydrogens (tertiary/aromatic N) is 1. The van der Waals surface area contributed by atoms with Crippen LogP contribution in [0.15, 0.2) is 47.1 Å². The standard InChI is InChI=1S/C19H22N2O4/c1-14-8-10-21(11-9-14)16-6-4-15(5-7-16)20-18(22)13-25-19(23)17-3-2-12-24-17/h2-7,12,14H,8-11,13H2,1H3,(H,20,22). The lowest BCUT2D eigenvalue weighted by atomic mass is 9.99. The quantitative estimate of drug-likeness (QED) is 0.844. The first-order valence-corrected chi connectivity index (χ1v) is 8.47. The van der Waals surface area contributed by atoms with E-state index in [1.807, 2.05) is 24.3 Å². The zero-order valence-electron chi connectivity index (χ0n) is 14.2. The van der Waals surface area contributed by atoms with Gasteiger partial charge in [0, 0.05) is 24.5 Å². The molecule has 1 amide bonds. The van der Waals surface area contributed by atoms with E-state index in [1.165, 1.54) is 25.2 Å². The highest BCUT2D eigenvalue weighted by atomic mass is 16.5. The van der Waals surface area contributed by atoms with Crippen molar-refractivity contribution in [3.63, 3.8) is 0 Å². The molecule has 1 aromatic heterocycles. The van der Waals surface area contributed by atoms with Crippen molar-refractivity contribution in [3.05, 3.63) is 48.4 Å². The summed E-state index contributed by atoms with van der Waals surface area (Å²) in [7, 11) is 0. The molecule has 1 aromatic carbocycles. The number of carbonyl (C=O) groups is 2. The molecular weight excluding hydrogens is 320 g/mol. The van der Waals surface area contributed by atoms with Gasteiger partial charge in [-0.05, 0) is 55.2 Å². The fourth-order valence-electron chi connectivity index (χ4n) is 2.82. The summed E-state index contributed by atoms with van der Waals surface area (Å²) in [6, 6.07) is 10.8. The molecule has 0 atom stereocenters. The van der Waals surface area contributed by atoms with Gasteiger partial charge in [-0.15, -0.1) is 0 Å². The Morgan fingerprint density at radius 2 is 1.92 bits per heavy atom. The molecular formula is C19H22N2O4. The van der Waals surface area contributed by atoms with E-state index in [9.17, 15) is 9.59 Å². The second kappa shape index (κ2) is 7.88. The van der Waals surface area contributed by atoms with Gasteiger partial charge in [0.2, 0.25) is 5.76 Å². The topological polar surface area (TPSA) is 71.8 Å². The normalized spacial score (nSPS) is 15.0. The lowest BCUT2D eigenvalue weighted by Crippen LogP contribution is -2.32. The van der Waals surface area contributed by atoms with Gasteiger partial charge in [0.05, 0.1) is 6.26 Å². The van der Waals surface area contributed by atoms with Gasteiger partial charge in [0.15, 0.2) is 6.61 Å². The van der Waals surface area contributed by atoms with Crippen molar-refractivity contribution in [2.24, 2.45) is 5.92 Å². The Balaban J connectivity index is 1.47. The highest BCUT2D eigenvalue weighted by Crippen LogP contribution is 2.24. The number of anilines is 2. The number of benzene rings is 1. The maximum atomic E-state index is 11.9. The summed E-state index contributed by atoms with van der Waals surface area (Å²) >= 11 is 0. The van der Waals surface area contributed by atoms with Crippen LogP contribution in [0.25, 0.3) is 0 Å². The third kappa shape index (κ3) is 4.62. The van der Waals surface area contributed by atoms with Crippen LogP contribution >= 0.6 is 0 Å². The third-order valence-electron chi connectivity index (χ3n) is 4.36. The van der Waals surface area contributed by atoms with Crippen molar-refractivity contribution < 1.29 is 18.7 Å². The molecule has 1 aliphatic heterocycles. The number of furan rings is 1. The fourth-order valence-corrected chi connectivity index (χ4v) is 2.82. The van der Waals surface area contributed by atoms with Crippen molar-refractivity contribution in [1.29, 1.82) is 0 Å². The largest absolute Gasteiger partial charge is 0.457 e. The molecule has 6 heteroatoms. The Morgan fingerprint density at radius 1 is 1.20 bits per heavy atom. The monoisotopic (exact) mass is 342 g/mol. The summed E-state index contributed by atoms with van der Waals surface area (Å²) in [5, 5.41) is 2.71. The van der Waals surface area contributed by atoms with Crippen molar-refractivity contribution in [2.75, 3.05) is 29.9 Å². The molecule has 132 valence electrons. The molecule has 2 heterocycles. The van der Waals surface area contributed by atoms with E-state index in [2.05, 4.69) is 17.1 Å². The summed E-state index contributed by atoms with van der Waals surface area (Å²) < 4.78 is 9.81. The number of rotatable bonds is 5. The van der Waals surface area contributed by atoms with Gasteiger partial charge in [-0.2, -0.15) is 0 Å². The van der Waals surface area contributed by atoms with E-state index in [1.54, 1.807) is 6.07 Å². The van der Waals surface area contributed by atoms with Crippen LogP contribution < -0.4 is 10.2 Å². The number of piperidine rings is 1. The summed E-state index contributed by atoms with van der Waals surface area (Å²) in [5.41, 5.74) is 1.84. The van der Waals surface area contributed by atoms with Crippen LogP contribution in [-0.2, 0) is 9.53 Å². The number of nitrogens with one attached hydrogen (secondary N) is 1. The van der Waals surface area contributed by atoms with Gasteiger partial charge in [0.25, 0.3) is 5.91 Å². The smallest absolute Gasteiger partial charge is 0.374 e. The van der Waals surface area contributed by atoms with Gasteiger partial charge >= 0.3 is 5.97 Å². The number of carbonyl (C=O) groups excluding carboxylic acids is 2. The summed E-state index contributed by atoms with van der Waals surface area (Å²) in [5.74, 6) is -0.180. The summed E-state index contributed by atoms with van der Waals surface area (Å²) in [6.45, 7) is 4.06. The van der Waals surface area contributed by atoms with E-state index in [0.29, 0.717) is 5.69 Å². The molecule has 0 unspecified atom stereocenters. The number of ether oxygens (including phenoxy) is 1. The molecule has 1 aliphatic rings. The zero-order valence-corrected chi connectivity index (χ0v) is 14.2. The van der Waals surface area contributed by atoms with Crippen LogP contribution in [0, 0.1) is 5.92 Å². The van der Waals surface area contributed by atoms with Gasteiger partial charge in [-0.3, -0.25) is 4.79 Å². The second-order valence-electron chi connectivity index (χ2n) is 6.32. The van der Waals surface area contributed by atoms with E-state index < -0.39 is 5.97 Å². The molecule has 6 nitrogen and oxygen atoms in total. The van der Waals surface area contributed by atoms with Crippen LogP contribution in [0.3, 0.4) is 0 Å². The molecule has 0 aliphatic carbocycles. The predicted octanol–water partition coefficient (Wildman–Crippen LogP) is 3.31. The SMILES string of the molecule is CC1CCN(c2ccc(NC(=O)COC(=O)c3ccco3)cc2)CC1. The Morgan fingerprint density at radius 3 is 2.56 bits per heavy atom. The fraction of sp³-hybridized carbons (Fsp3) is 0.368. The average Bonchev–Trinajstić information content (AvgIpc) is 3.16. The minimum atomic E-state index is -0.658. The van der Waals surface area contributed by atoms with E-state index in [0.717, 1.165) is 24.7 Å². The highest BCUT2D eigenvalue weighted by molar-refractivity contribution is 5.94. The Hall–Kier alpha value is -2.76. The van der Waals surface area contributed by atoms with Crippen LogP contribution in [0.5, 0.6) is 0 Å². The second-order valence-corrected chi connectivity index (χ2v) is 6.32. The first kappa shape index (κ1) is 17.1. The molecule has 3 rings (SSSR count). The number of hydrogen-bond acceptors (Lipinski definition) is 5. The first-order chi connectivity index (χ1) is 12.1. The lowest BCUT2D eigenvalue weighted by molar-refractivity contribution is -0.119. The maximum Gasteiger partial charge on any atom is 0.374 e. The molecule has 25 heavy (non-hydrogen) atoms. The molecule has 1 fully saturated rings. The van der Waals surface area contributed by atoms with Crippen LogP contribution in [-0.4, -0.2) is 31.6 Å². The maximum absolute atomic E-state index is 11.9. The first-order valence-electron chi connectivity index (χ1n) is 8.47. The molecule has 0 spiro atoms. The van der Waals surface area contributed by atoms with E-state index in [4.69, 9.17) is 9.15 Å². The van der Waals surface area contributed by atoms with Crippen molar-refractivity contribution >= 4 is 23.3 Å². The van der Waals surface area contributed by atoms with Crippen molar-refractivity contribution in [1.82, 2.24) is 0 Å². The van der Waals surface area contributed by atoms with Crippen molar-refractivity contribution in [3.8, 4) is 0 Å². The van der Waals surface area contributed by atoms with Crippen molar-refractivity contribution in [2.45, 2.75) is 19.8 Å². The molecule has 0 bridgehead atoms. The summed E-state index contributed by atoms with van der Waals surface area (Å²) in [6.07, 6.45) is 3.79. The minimum Gasteiger partial charge on any atom is -0.457 e. The molecule has 1 N–H and O–H groups in total. The molecule has 0 radical (unpaired) electrons. The van der Waals surface area contributed by atoms with Gasteiger partial charge < -0.3 is 19.4 Å². The Bertz CT molecular complexity index is 702. The van der Waals surface area contributed by atoms with Crippen LogP contribution in [0.1, 0.15) is 30.3 Å². The number of hydrogen-bond donors (Lipinski definition) is 1. The van der Waals surface area contributed by atoms with E-state index >= 15 is 0 Å². The van der Waals surface area contributed by atoms with Crippen LogP contribution in [0.4, 0.5) is 11.4 Å². The summed E-state index contributed by atoms with van der Waals surface area (Å²) in [4.78, 5) is 25.8. The number of esters is 1.